The zero-order valence-electron chi connectivity index (χ0n) is 10.3. The SMILES string of the molecule is CN(C)S(=O)c1ccccc1-c1ccccc1O. The summed E-state index contributed by atoms with van der Waals surface area (Å²) >= 11 is 0. The van der Waals surface area contributed by atoms with Crippen LogP contribution in [0.5, 0.6) is 5.75 Å². The predicted octanol–water partition coefficient (Wildman–Crippen LogP) is 2.64. The Labute approximate surface area is 109 Å². The standard InChI is InChI=1S/C14H15NO2S/c1-15(2)18(17)14-10-6-4-8-12(14)11-7-3-5-9-13(11)16/h3-10,16H,1-2H3. The summed E-state index contributed by atoms with van der Waals surface area (Å²) in [6.07, 6.45) is 0. The monoisotopic (exact) mass is 261 g/mol. The molecule has 94 valence electrons. The molecule has 18 heavy (non-hydrogen) atoms. The van der Waals surface area contributed by atoms with Crippen LogP contribution in [0.3, 0.4) is 0 Å². The van der Waals surface area contributed by atoms with Crippen molar-refractivity contribution in [2.24, 2.45) is 0 Å². The predicted molar refractivity (Wildman–Crippen MR) is 73.6 cm³/mol. The third kappa shape index (κ3) is 2.44. The van der Waals surface area contributed by atoms with Gasteiger partial charge in [-0.15, -0.1) is 0 Å². The number of nitrogens with zero attached hydrogens (tertiary/aromatic N) is 1. The summed E-state index contributed by atoms with van der Waals surface area (Å²) in [4.78, 5) is 0.698. The highest BCUT2D eigenvalue weighted by Crippen LogP contribution is 2.32. The molecule has 0 aromatic heterocycles. The Bertz CT molecular complexity index is 582. The Kier molecular flexibility index (Phi) is 3.79. The quantitative estimate of drug-likeness (QED) is 0.922. The number of rotatable bonds is 3. The normalized spacial score (nSPS) is 12.6. The van der Waals surface area contributed by atoms with E-state index < -0.39 is 11.0 Å². The summed E-state index contributed by atoms with van der Waals surface area (Å²) in [5.41, 5.74) is 1.49. The van der Waals surface area contributed by atoms with E-state index >= 15 is 0 Å². The van der Waals surface area contributed by atoms with E-state index in [9.17, 15) is 9.32 Å². The van der Waals surface area contributed by atoms with Gasteiger partial charge in [-0.1, -0.05) is 36.4 Å². The minimum absolute atomic E-state index is 0.195. The van der Waals surface area contributed by atoms with Gasteiger partial charge in [0, 0.05) is 11.1 Å². The van der Waals surface area contributed by atoms with Gasteiger partial charge in [0.25, 0.3) is 0 Å². The van der Waals surface area contributed by atoms with Gasteiger partial charge in [0.15, 0.2) is 0 Å². The molecule has 4 heteroatoms. The fraction of sp³-hybridized carbons (Fsp3) is 0.143. The van der Waals surface area contributed by atoms with E-state index in [1.54, 1.807) is 30.5 Å². The lowest BCUT2D eigenvalue weighted by Gasteiger charge is -2.14. The zero-order chi connectivity index (χ0) is 13.1. The Morgan fingerprint density at radius 1 is 0.944 bits per heavy atom. The molecule has 1 atom stereocenters. The summed E-state index contributed by atoms with van der Waals surface area (Å²) < 4.78 is 13.8. The average Bonchev–Trinajstić information content (AvgIpc) is 2.38. The third-order valence-corrected chi connectivity index (χ3v) is 4.00. The molecule has 1 unspecified atom stereocenters. The summed E-state index contributed by atoms with van der Waals surface area (Å²) in [5.74, 6) is 0.195. The summed E-state index contributed by atoms with van der Waals surface area (Å²) in [6.45, 7) is 0. The molecule has 2 aromatic rings. The van der Waals surface area contributed by atoms with E-state index in [1.165, 1.54) is 0 Å². The topological polar surface area (TPSA) is 40.5 Å². The van der Waals surface area contributed by atoms with Crippen LogP contribution in [0.1, 0.15) is 0 Å². The largest absolute Gasteiger partial charge is 0.507 e. The minimum Gasteiger partial charge on any atom is -0.507 e. The van der Waals surface area contributed by atoms with Crippen molar-refractivity contribution >= 4 is 11.0 Å². The number of hydrogen-bond donors (Lipinski definition) is 1. The smallest absolute Gasteiger partial charge is 0.127 e. The van der Waals surface area contributed by atoms with Gasteiger partial charge in [-0.3, -0.25) is 0 Å². The Morgan fingerprint density at radius 2 is 1.50 bits per heavy atom. The van der Waals surface area contributed by atoms with Gasteiger partial charge < -0.3 is 5.11 Å². The van der Waals surface area contributed by atoms with E-state index in [0.717, 1.165) is 5.56 Å². The molecule has 2 rings (SSSR count). The van der Waals surface area contributed by atoms with E-state index in [0.29, 0.717) is 10.5 Å². The van der Waals surface area contributed by atoms with Crippen molar-refractivity contribution < 1.29 is 9.32 Å². The fourth-order valence-corrected chi connectivity index (χ4v) is 2.69. The first kappa shape index (κ1) is 12.8. The summed E-state index contributed by atoms with van der Waals surface area (Å²) in [6, 6.07) is 14.5. The lowest BCUT2D eigenvalue weighted by atomic mass is 10.0. The van der Waals surface area contributed by atoms with Crippen molar-refractivity contribution in [2.45, 2.75) is 4.90 Å². The molecule has 3 nitrogen and oxygen atoms in total. The van der Waals surface area contributed by atoms with Gasteiger partial charge in [0.2, 0.25) is 0 Å². The first-order valence-electron chi connectivity index (χ1n) is 5.58. The highest BCUT2D eigenvalue weighted by atomic mass is 32.2. The maximum Gasteiger partial charge on any atom is 0.127 e. The van der Waals surface area contributed by atoms with E-state index in [-0.39, 0.29) is 5.75 Å². The molecule has 2 aromatic carbocycles. The molecule has 0 radical (unpaired) electrons. The van der Waals surface area contributed by atoms with Gasteiger partial charge in [0.05, 0.1) is 4.90 Å². The summed E-state index contributed by atoms with van der Waals surface area (Å²) in [5, 5.41) is 9.90. The molecule has 0 spiro atoms. The average molecular weight is 261 g/mol. The zero-order valence-corrected chi connectivity index (χ0v) is 11.1. The van der Waals surface area contributed by atoms with Crippen molar-refractivity contribution in [3.8, 4) is 16.9 Å². The number of phenols is 1. The highest BCUT2D eigenvalue weighted by molar-refractivity contribution is 7.82. The Morgan fingerprint density at radius 3 is 2.11 bits per heavy atom. The van der Waals surface area contributed by atoms with Gasteiger partial charge >= 0.3 is 0 Å². The lowest BCUT2D eigenvalue weighted by Crippen LogP contribution is -2.15. The van der Waals surface area contributed by atoms with Crippen LogP contribution in [-0.2, 0) is 11.0 Å². The number of hydrogen-bond acceptors (Lipinski definition) is 2. The first-order chi connectivity index (χ1) is 8.61. The van der Waals surface area contributed by atoms with Crippen molar-refractivity contribution in [1.82, 2.24) is 4.31 Å². The second-order valence-corrected chi connectivity index (χ2v) is 5.74. The third-order valence-electron chi connectivity index (χ3n) is 2.60. The van der Waals surface area contributed by atoms with Gasteiger partial charge in [-0.05, 0) is 26.2 Å². The highest BCUT2D eigenvalue weighted by Gasteiger charge is 2.14. The second kappa shape index (κ2) is 5.33. The van der Waals surface area contributed by atoms with Crippen LogP contribution < -0.4 is 0 Å². The van der Waals surface area contributed by atoms with Crippen molar-refractivity contribution in [3.63, 3.8) is 0 Å². The van der Waals surface area contributed by atoms with E-state index in [2.05, 4.69) is 0 Å². The molecular formula is C14H15NO2S. The van der Waals surface area contributed by atoms with Crippen molar-refractivity contribution in [1.29, 1.82) is 0 Å². The molecule has 0 heterocycles. The van der Waals surface area contributed by atoms with Crippen LogP contribution in [0.4, 0.5) is 0 Å². The number of aromatic hydroxyl groups is 1. The van der Waals surface area contributed by atoms with Crippen LogP contribution in [0, 0.1) is 0 Å². The number of para-hydroxylation sites is 1. The van der Waals surface area contributed by atoms with Crippen molar-refractivity contribution in [3.05, 3.63) is 48.5 Å². The molecule has 0 bridgehead atoms. The molecule has 0 saturated carbocycles. The molecule has 0 aliphatic carbocycles. The minimum atomic E-state index is -1.23. The van der Waals surface area contributed by atoms with Crippen LogP contribution in [0.25, 0.3) is 11.1 Å². The van der Waals surface area contributed by atoms with Crippen LogP contribution in [0.15, 0.2) is 53.4 Å². The van der Waals surface area contributed by atoms with Crippen LogP contribution in [-0.4, -0.2) is 27.7 Å². The van der Waals surface area contributed by atoms with Crippen LogP contribution >= 0.6 is 0 Å². The molecule has 0 aliphatic rings. The van der Waals surface area contributed by atoms with E-state index in [4.69, 9.17) is 0 Å². The number of benzene rings is 2. The molecule has 1 N–H and O–H groups in total. The second-order valence-electron chi connectivity index (χ2n) is 4.07. The molecule has 0 aliphatic heterocycles. The molecule has 0 saturated heterocycles. The maximum atomic E-state index is 12.2. The Balaban J connectivity index is 2.59. The molecular weight excluding hydrogens is 246 g/mol. The van der Waals surface area contributed by atoms with Gasteiger partial charge in [-0.2, -0.15) is 0 Å². The molecule has 0 amide bonds. The molecule has 0 fully saturated rings. The van der Waals surface area contributed by atoms with Gasteiger partial charge in [-0.25, -0.2) is 8.51 Å². The van der Waals surface area contributed by atoms with E-state index in [1.807, 2.05) is 36.4 Å². The summed E-state index contributed by atoms with van der Waals surface area (Å²) in [7, 11) is 2.29. The Hall–Kier alpha value is -1.65. The first-order valence-corrected chi connectivity index (χ1v) is 6.68. The fourth-order valence-electron chi connectivity index (χ4n) is 1.74. The van der Waals surface area contributed by atoms with Crippen molar-refractivity contribution in [2.75, 3.05) is 14.1 Å². The van der Waals surface area contributed by atoms with Gasteiger partial charge in [0.1, 0.15) is 16.7 Å². The lowest BCUT2D eigenvalue weighted by molar-refractivity contribution is 0.477. The number of phenolic OH excluding ortho intramolecular Hbond substituents is 1. The maximum absolute atomic E-state index is 12.2. The van der Waals surface area contributed by atoms with Crippen LogP contribution in [0.2, 0.25) is 0 Å².